The van der Waals surface area contributed by atoms with E-state index in [-0.39, 0.29) is 0 Å². The lowest BCUT2D eigenvalue weighted by Crippen LogP contribution is -2.36. The van der Waals surface area contributed by atoms with Gasteiger partial charge in [-0.2, -0.15) is 10.1 Å². The highest BCUT2D eigenvalue weighted by atomic mass is 15.4. The van der Waals surface area contributed by atoms with E-state index in [0.717, 1.165) is 44.4 Å². The van der Waals surface area contributed by atoms with Crippen LogP contribution >= 0.6 is 0 Å². The molecule has 120 valence electrons. The van der Waals surface area contributed by atoms with Crippen molar-refractivity contribution in [1.82, 2.24) is 15.2 Å². The fourth-order valence-corrected chi connectivity index (χ4v) is 3.63. The number of benzene rings is 1. The quantitative estimate of drug-likeness (QED) is 0.853. The Bertz CT molecular complexity index is 687. The smallest absolute Gasteiger partial charge is 0.247 e. The highest BCUT2D eigenvalue weighted by Crippen LogP contribution is 2.25. The summed E-state index contributed by atoms with van der Waals surface area (Å²) in [6, 6.07) is 8.67. The van der Waals surface area contributed by atoms with Gasteiger partial charge in [0.2, 0.25) is 5.95 Å². The lowest BCUT2D eigenvalue weighted by Gasteiger charge is -2.32. The predicted molar refractivity (Wildman–Crippen MR) is 91.6 cm³/mol. The van der Waals surface area contributed by atoms with Crippen molar-refractivity contribution < 1.29 is 0 Å². The SMILES string of the molecule is CC1CCCN(c2nncc(N3CCc4ccccc4C3)n2)C1. The second-order valence-electron chi connectivity index (χ2n) is 6.75. The zero-order valence-electron chi connectivity index (χ0n) is 13.6. The minimum atomic E-state index is 0.706. The molecule has 1 unspecified atom stereocenters. The molecule has 5 heteroatoms. The predicted octanol–water partition coefficient (Wildman–Crippen LogP) is 2.67. The molecular formula is C18H23N5. The third-order valence-electron chi connectivity index (χ3n) is 4.93. The molecule has 0 amide bonds. The monoisotopic (exact) mass is 309 g/mol. The summed E-state index contributed by atoms with van der Waals surface area (Å²) in [6.45, 7) is 6.27. The molecule has 0 radical (unpaired) electrons. The number of aromatic nitrogens is 3. The van der Waals surface area contributed by atoms with Gasteiger partial charge in [-0.1, -0.05) is 31.2 Å². The summed E-state index contributed by atoms with van der Waals surface area (Å²) >= 11 is 0. The van der Waals surface area contributed by atoms with E-state index in [1.54, 1.807) is 6.20 Å². The van der Waals surface area contributed by atoms with E-state index < -0.39 is 0 Å². The van der Waals surface area contributed by atoms with Crippen molar-refractivity contribution >= 4 is 11.8 Å². The maximum Gasteiger partial charge on any atom is 0.247 e. The van der Waals surface area contributed by atoms with Crippen molar-refractivity contribution in [3.63, 3.8) is 0 Å². The van der Waals surface area contributed by atoms with Gasteiger partial charge in [0.25, 0.3) is 0 Å². The van der Waals surface area contributed by atoms with Crippen molar-refractivity contribution in [3.05, 3.63) is 41.6 Å². The summed E-state index contributed by atoms with van der Waals surface area (Å²) in [5.74, 6) is 2.44. The van der Waals surface area contributed by atoms with Crippen LogP contribution in [0.4, 0.5) is 11.8 Å². The maximum absolute atomic E-state index is 4.81. The first kappa shape index (κ1) is 14.4. The fraction of sp³-hybridized carbons (Fsp3) is 0.500. The minimum absolute atomic E-state index is 0.706. The largest absolute Gasteiger partial charge is 0.350 e. The molecule has 0 saturated carbocycles. The zero-order chi connectivity index (χ0) is 15.6. The molecule has 5 nitrogen and oxygen atoms in total. The first-order valence-electron chi connectivity index (χ1n) is 8.56. The first-order chi connectivity index (χ1) is 11.3. The van der Waals surface area contributed by atoms with Crippen LogP contribution < -0.4 is 9.80 Å². The molecule has 1 aromatic heterocycles. The van der Waals surface area contributed by atoms with E-state index in [4.69, 9.17) is 4.98 Å². The van der Waals surface area contributed by atoms with E-state index in [9.17, 15) is 0 Å². The van der Waals surface area contributed by atoms with E-state index in [1.807, 2.05) is 0 Å². The van der Waals surface area contributed by atoms with Gasteiger partial charge in [0, 0.05) is 26.2 Å². The number of rotatable bonds is 2. The molecule has 1 fully saturated rings. The molecule has 2 aliphatic rings. The number of hydrogen-bond acceptors (Lipinski definition) is 5. The molecule has 0 aliphatic carbocycles. The Morgan fingerprint density at radius 1 is 1.09 bits per heavy atom. The summed E-state index contributed by atoms with van der Waals surface area (Å²) in [4.78, 5) is 9.40. The summed E-state index contributed by atoms with van der Waals surface area (Å²) in [6.07, 6.45) is 5.37. The third kappa shape index (κ3) is 3.00. The molecule has 1 aromatic carbocycles. The standard InChI is InChI=1S/C18H23N5/c1-14-5-4-9-23(12-14)18-20-17(11-19-21-18)22-10-8-15-6-2-3-7-16(15)13-22/h2-3,6-7,11,14H,4-5,8-10,12-13H2,1H3. The van der Waals surface area contributed by atoms with Crippen LogP contribution in [-0.4, -0.2) is 34.8 Å². The average molecular weight is 309 g/mol. The molecule has 1 saturated heterocycles. The van der Waals surface area contributed by atoms with Gasteiger partial charge < -0.3 is 9.80 Å². The Kier molecular flexibility index (Phi) is 3.85. The van der Waals surface area contributed by atoms with Crippen molar-refractivity contribution in [2.45, 2.75) is 32.7 Å². The fourth-order valence-electron chi connectivity index (χ4n) is 3.63. The first-order valence-corrected chi connectivity index (χ1v) is 8.56. The molecule has 0 spiro atoms. The summed E-state index contributed by atoms with van der Waals surface area (Å²) in [5, 5.41) is 8.50. The molecule has 4 rings (SSSR count). The van der Waals surface area contributed by atoms with Gasteiger partial charge in [-0.15, -0.1) is 5.10 Å². The molecule has 1 atom stereocenters. The van der Waals surface area contributed by atoms with Crippen LogP contribution in [0.1, 0.15) is 30.9 Å². The number of fused-ring (bicyclic) bond motifs is 1. The Balaban J connectivity index is 1.55. The van der Waals surface area contributed by atoms with Gasteiger partial charge in [0.05, 0.1) is 6.20 Å². The number of hydrogen-bond donors (Lipinski definition) is 0. The lowest BCUT2D eigenvalue weighted by atomic mass is 10.00. The van der Waals surface area contributed by atoms with E-state index >= 15 is 0 Å². The van der Waals surface area contributed by atoms with Crippen molar-refractivity contribution in [3.8, 4) is 0 Å². The van der Waals surface area contributed by atoms with Crippen LogP contribution in [-0.2, 0) is 13.0 Å². The van der Waals surface area contributed by atoms with Crippen LogP contribution in [0, 0.1) is 5.92 Å². The molecule has 2 aromatic rings. The second kappa shape index (κ2) is 6.14. The van der Waals surface area contributed by atoms with Gasteiger partial charge in [-0.3, -0.25) is 0 Å². The molecule has 2 aliphatic heterocycles. The Labute approximate surface area is 137 Å². The number of piperidine rings is 1. The van der Waals surface area contributed by atoms with Crippen LogP contribution in [0.5, 0.6) is 0 Å². The zero-order valence-corrected chi connectivity index (χ0v) is 13.6. The topological polar surface area (TPSA) is 45.2 Å². The molecule has 23 heavy (non-hydrogen) atoms. The Morgan fingerprint density at radius 3 is 2.83 bits per heavy atom. The van der Waals surface area contributed by atoms with Crippen molar-refractivity contribution in [2.75, 3.05) is 29.4 Å². The number of nitrogens with zero attached hydrogens (tertiary/aromatic N) is 5. The maximum atomic E-state index is 4.81. The van der Waals surface area contributed by atoms with Crippen LogP contribution in [0.15, 0.2) is 30.5 Å². The van der Waals surface area contributed by atoms with Crippen LogP contribution in [0.2, 0.25) is 0 Å². The Hall–Kier alpha value is -2.17. The summed E-state index contributed by atoms with van der Waals surface area (Å²) in [5.41, 5.74) is 2.85. The lowest BCUT2D eigenvalue weighted by molar-refractivity contribution is 0.440. The molecule has 0 N–H and O–H groups in total. The molecule has 0 bridgehead atoms. The van der Waals surface area contributed by atoms with Gasteiger partial charge in [-0.25, -0.2) is 0 Å². The van der Waals surface area contributed by atoms with Gasteiger partial charge >= 0.3 is 0 Å². The second-order valence-corrected chi connectivity index (χ2v) is 6.75. The molecular weight excluding hydrogens is 286 g/mol. The van der Waals surface area contributed by atoms with Crippen molar-refractivity contribution in [2.24, 2.45) is 5.92 Å². The van der Waals surface area contributed by atoms with Gasteiger partial charge in [0.1, 0.15) is 0 Å². The highest BCUT2D eigenvalue weighted by Gasteiger charge is 2.22. The van der Waals surface area contributed by atoms with Gasteiger partial charge in [-0.05, 0) is 36.3 Å². The third-order valence-corrected chi connectivity index (χ3v) is 4.93. The summed E-state index contributed by atoms with van der Waals surface area (Å²) in [7, 11) is 0. The van der Waals surface area contributed by atoms with Crippen LogP contribution in [0.3, 0.4) is 0 Å². The highest BCUT2D eigenvalue weighted by molar-refractivity contribution is 5.45. The number of anilines is 2. The van der Waals surface area contributed by atoms with Crippen LogP contribution in [0.25, 0.3) is 0 Å². The van der Waals surface area contributed by atoms with Crippen molar-refractivity contribution in [1.29, 1.82) is 0 Å². The Morgan fingerprint density at radius 2 is 1.96 bits per heavy atom. The van der Waals surface area contributed by atoms with E-state index in [2.05, 4.69) is 51.2 Å². The van der Waals surface area contributed by atoms with E-state index in [0.29, 0.717) is 5.92 Å². The average Bonchev–Trinajstić information content (AvgIpc) is 2.61. The van der Waals surface area contributed by atoms with Gasteiger partial charge in [0.15, 0.2) is 5.82 Å². The summed E-state index contributed by atoms with van der Waals surface area (Å²) < 4.78 is 0. The normalized spacial score (nSPS) is 21.2. The minimum Gasteiger partial charge on any atom is -0.350 e. The van der Waals surface area contributed by atoms with E-state index in [1.165, 1.54) is 24.0 Å². The molecule has 3 heterocycles.